The van der Waals surface area contributed by atoms with Crippen LogP contribution in [0, 0.1) is 0 Å². The summed E-state index contributed by atoms with van der Waals surface area (Å²) >= 11 is 0. The molecule has 0 radical (unpaired) electrons. The van der Waals surface area contributed by atoms with Crippen molar-refractivity contribution in [2.45, 2.75) is 45.8 Å². The summed E-state index contributed by atoms with van der Waals surface area (Å²) in [6, 6.07) is 0. The quantitative estimate of drug-likeness (QED) is 0.702. The first-order valence-electron chi connectivity index (χ1n) is 7.29. The molecule has 0 aromatic carbocycles. The molecule has 1 fully saturated rings. The SMILES string of the molecule is CCNCCCN(C)S(=O)(=O)N1CC(C)OC(C)(C)C1. The van der Waals surface area contributed by atoms with Crippen LogP contribution in [0.3, 0.4) is 0 Å². The maximum absolute atomic E-state index is 12.6. The van der Waals surface area contributed by atoms with Crippen LogP contribution in [0.1, 0.15) is 34.1 Å². The number of ether oxygens (including phenoxy) is 1. The fourth-order valence-electron chi connectivity index (χ4n) is 2.49. The second-order valence-electron chi connectivity index (χ2n) is 6.02. The average Bonchev–Trinajstić information content (AvgIpc) is 2.31. The van der Waals surface area contributed by atoms with Gasteiger partial charge in [0.25, 0.3) is 10.2 Å². The zero-order chi connectivity index (χ0) is 15.4. The highest BCUT2D eigenvalue weighted by molar-refractivity contribution is 7.86. The largest absolute Gasteiger partial charge is 0.370 e. The Kier molecular flexibility index (Phi) is 6.40. The lowest BCUT2D eigenvalue weighted by molar-refractivity contribution is -0.110. The van der Waals surface area contributed by atoms with Crippen LogP contribution < -0.4 is 5.32 Å². The third kappa shape index (κ3) is 4.96. The fourth-order valence-corrected chi connectivity index (χ4v) is 4.11. The van der Waals surface area contributed by atoms with Gasteiger partial charge in [-0.15, -0.1) is 0 Å². The second kappa shape index (κ2) is 7.17. The topological polar surface area (TPSA) is 61.9 Å². The Bertz CT molecular complexity index is 398. The molecular weight excluding hydrogens is 278 g/mol. The molecule has 7 heteroatoms. The van der Waals surface area contributed by atoms with Crippen LogP contribution in [0.25, 0.3) is 0 Å². The first kappa shape index (κ1) is 17.8. The van der Waals surface area contributed by atoms with Gasteiger partial charge in [-0.1, -0.05) is 6.92 Å². The van der Waals surface area contributed by atoms with Crippen LogP contribution in [0.4, 0.5) is 0 Å². The number of nitrogens with one attached hydrogen (secondary N) is 1. The maximum Gasteiger partial charge on any atom is 0.281 e. The van der Waals surface area contributed by atoms with Crippen molar-refractivity contribution in [1.29, 1.82) is 0 Å². The maximum atomic E-state index is 12.6. The molecule has 1 unspecified atom stereocenters. The summed E-state index contributed by atoms with van der Waals surface area (Å²) in [4.78, 5) is 0. The van der Waals surface area contributed by atoms with Gasteiger partial charge >= 0.3 is 0 Å². The van der Waals surface area contributed by atoms with E-state index in [9.17, 15) is 8.42 Å². The Labute approximate surface area is 123 Å². The van der Waals surface area contributed by atoms with Crippen LogP contribution in [-0.4, -0.2) is 68.5 Å². The van der Waals surface area contributed by atoms with Gasteiger partial charge in [0, 0.05) is 26.7 Å². The highest BCUT2D eigenvalue weighted by atomic mass is 32.2. The van der Waals surface area contributed by atoms with E-state index < -0.39 is 15.8 Å². The molecule has 1 aliphatic heterocycles. The van der Waals surface area contributed by atoms with E-state index in [1.165, 1.54) is 8.61 Å². The van der Waals surface area contributed by atoms with Crippen LogP contribution in [0.5, 0.6) is 0 Å². The molecule has 1 atom stereocenters. The lowest BCUT2D eigenvalue weighted by atomic mass is 10.1. The molecule has 120 valence electrons. The van der Waals surface area contributed by atoms with E-state index in [0.29, 0.717) is 19.6 Å². The van der Waals surface area contributed by atoms with Crippen molar-refractivity contribution in [2.75, 3.05) is 39.8 Å². The molecule has 20 heavy (non-hydrogen) atoms. The number of morpholine rings is 1. The minimum atomic E-state index is -3.39. The van der Waals surface area contributed by atoms with Gasteiger partial charge in [-0.3, -0.25) is 0 Å². The van der Waals surface area contributed by atoms with E-state index in [1.807, 2.05) is 27.7 Å². The molecular formula is C13H29N3O3S. The Morgan fingerprint density at radius 3 is 2.65 bits per heavy atom. The second-order valence-corrected chi connectivity index (χ2v) is 8.05. The van der Waals surface area contributed by atoms with Gasteiger partial charge in [0.2, 0.25) is 0 Å². The molecule has 0 aromatic heterocycles. The zero-order valence-electron chi connectivity index (χ0n) is 13.3. The predicted octanol–water partition coefficient (Wildman–Crippen LogP) is 0.662. The first-order valence-corrected chi connectivity index (χ1v) is 8.68. The number of hydrogen-bond acceptors (Lipinski definition) is 4. The zero-order valence-corrected chi connectivity index (χ0v) is 14.2. The molecule has 0 bridgehead atoms. The van der Waals surface area contributed by atoms with E-state index in [-0.39, 0.29) is 6.10 Å². The lowest BCUT2D eigenvalue weighted by Gasteiger charge is -2.42. The number of hydrogen-bond donors (Lipinski definition) is 1. The van der Waals surface area contributed by atoms with Gasteiger partial charge in [-0.25, -0.2) is 0 Å². The van der Waals surface area contributed by atoms with Crippen molar-refractivity contribution in [3.05, 3.63) is 0 Å². The molecule has 1 N–H and O–H groups in total. The molecule has 0 saturated carbocycles. The van der Waals surface area contributed by atoms with Crippen LogP contribution in [0.15, 0.2) is 0 Å². The van der Waals surface area contributed by atoms with Crippen molar-refractivity contribution < 1.29 is 13.2 Å². The summed E-state index contributed by atoms with van der Waals surface area (Å²) < 4.78 is 33.9. The fraction of sp³-hybridized carbons (Fsp3) is 1.00. The van der Waals surface area contributed by atoms with Crippen LogP contribution in [-0.2, 0) is 14.9 Å². The summed E-state index contributed by atoms with van der Waals surface area (Å²) in [6.07, 6.45) is 0.732. The van der Waals surface area contributed by atoms with Crippen LogP contribution >= 0.6 is 0 Å². The minimum Gasteiger partial charge on any atom is -0.370 e. The third-order valence-corrected chi connectivity index (χ3v) is 5.24. The molecule has 1 heterocycles. The van der Waals surface area contributed by atoms with E-state index in [2.05, 4.69) is 5.32 Å². The Morgan fingerprint density at radius 1 is 1.45 bits per heavy atom. The monoisotopic (exact) mass is 307 g/mol. The summed E-state index contributed by atoms with van der Waals surface area (Å²) in [5.41, 5.74) is -0.435. The Morgan fingerprint density at radius 2 is 2.10 bits per heavy atom. The van der Waals surface area contributed by atoms with Crippen molar-refractivity contribution in [2.24, 2.45) is 0 Å². The van der Waals surface area contributed by atoms with Crippen molar-refractivity contribution >= 4 is 10.2 Å². The van der Waals surface area contributed by atoms with Crippen molar-refractivity contribution in [3.63, 3.8) is 0 Å². The number of nitrogens with zero attached hydrogens (tertiary/aromatic N) is 2. The highest BCUT2D eigenvalue weighted by Gasteiger charge is 2.38. The van der Waals surface area contributed by atoms with E-state index in [4.69, 9.17) is 4.74 Å². The van der Waals surface area contributed by atoms with Gasteiger partial charge in [0.05, 0.1) is 11.7 Å². The van der Waals surface area contributed by atoms with Crippen LogP contribution in [0.2, 0.25) is 0 Å². The highest BCUT2D eigenvalue weighted by Crippen LogP contribution is 2.23. The lowest BCUT2D eigenvalue weighted by Crippen LogP contribution is -2.56. The average molecular weight is 307 g/mol. The van der Waals surface area contributed by atoms with E-state index in [0.717, 1.165) is 19.5 Å². The Hall–Kier alpha value is -0.210. The van der Waals surface area contributed by atoms with Gasteiger partial charge in [0.1, 0.15) is 0 Å². The molecule has 6 nitrogen and oxygen atoms in total. The van der Waals surface area contributed by atoms with Gasteiger partial charge in [-0.2, -0.15) is 17.0 Å². The summed E-state index contributed by atoms with van der Waals surface area (Å²) in [5, 5.41) is 3.20. The third-order valence-electron chi connectivity index (χ3n) is 3.33. The normalized spacial score (nSPS) is 24.2. The van der Waals surface area contributed by atoms with Gasteiger partial charge in [-0.05, 0) is 40.3 Å². The van der Waals surface area contributed by atoms with Crippen molar-refractivity contribution in [3.8, 4) is 0 Å². The minimum absolute atomic E-state index is 0.0799. The van der Waals surface area contributed by atoms with Crippen molar-refractivity contribution in [1.82, 2.24) is 13.9 Å². The van der Waals surface area contributed by atoms with E-state index in [1.54, 1.807) is 7.05 Å². The molecule has 1 rings (SSSR count). The molecule has 0 amide bonds. The molecule has 0 spiro atoms. The molecule has 1 aliphatic rings. The first-order chi connectivity index (χ1) is 9.19. The molecule has 0 aliphatic carbocycles. The summed E-state index contributed by atoms with van der Waals surface area (Å²) in [7, 11) is -1.75. The van der Waals surface area contributed by atoms with Gasteiger partial charge < -0.3 is 10.1 Å². The standard InChI is InChI=1S/C13H29N3O3S/c1-6-14-8-7-9-15(5)20(17,18)16-10-12(2)19-13(3,4)11-16/h12,14H,6-11H2,1-5H3. The smallest absolute Gasteiger partial charge is 0.281 e. The van der Waals surface area contributed by atoms with Gasteiger partial charge in [0.15, 0.2) is 0 Å². The molecule has 0 aromatic rings. The molecule has 1 saturated heterocycles. The van der Waals surface area contributed by atoms with E-state index >= 15 is 0 Å². The Balaban J connectivity index is 2.62. The predicted molar refractivity (Wildman–Crippen MR) is 80.9 cm³/mol. The summed E-state index contributed by atoms with van der Waals surface area (Å²) in [5.74, 6) is 0. The summed E-state index contributed by atoms with van der Waals surface area (Å²) in [6.45, 7) is 10.9. The number of rotatable bonds is 7.